The number of anilines is 1. The summed E-state index contributed by atoms with van der Waals surface area (Å²) >= 11 is 0. The Morgan fingerprint density at radius 1 is 1.37 bits per heavy atom. The Labute approximate surface area is 114 Å². The van der Waals surface area contributed by atoms with Crippen LogP contribution >= 0.6 is 0 Å². The molecule has 1 aromatic rings. The minimum Gasteiger partial charge on any atom is -0.349 e. The van der Waals surface area contributed by atoms with Gasteiger partial charge in [-0.05, 0) is 56.4 Å². The highest BCUT2D eigenvalue weighted by molar-refractivity contribution is 5.96. The van der Waals surface area contributed by atoms with Gasteiger partial charge in [0, 0.05) is 17.3 Å². The van der Waals surface area contributed by atoms with Crippen molar-refractivity contribution >= 4 is 11.6 Å². The molecule has 1 aromatic carbocycles. The second-order valence-corrected chi connectivity index (χ2v) is 5.48. The monoisotopic (exact) mass is 261 g/mol. The summed E-state index contributed by atoms with van der Waals surface area (Å²) in [6, 6.07) is 5.78. The second kappa shape index (κ2) is 6.06. The van der Waals surface area contributed by atoms with Gasteiger partial charge in [0.25, 0.3) is 5.91 Å². The van der Waals surface area contributed by atoms with Gasteiger partial charge in [0.2, 0.25) is 0 Å². The molecule has 1 fully saturated rings. The van der Waals surface area contributed by atoms with Crippen molar-refractivity contribution in [1.29, 1.82) is 0 Å². The number of hydrogen-bond donors (Lipinski definition) is 3. The molecule has 1 saturated carbocycles. The highest BCUT2D eigenvalue weighted by Gasteiger charge is 2.23. The molecule has 4 N–H and O–H groups in total. The van der Waals surface area contributed by atoms with Gasteiger partial charge >= 0.3 is 0 Å². The third-order valence-electron chi connectivity index (χ3n) is 4.10. The van der Waals surface area contributed by atoms with E-state index in [2.05, 4.69) is 17.7 Å². The van der Waals surface area contributed by atoms with Gasteiger partial charge in [0.05, 0.1) is 0 Å². The fourth-order valence-electron chi connectivity index (χ4n) is 2.87. The van der Waals surface area contributed by atoms with Crippen LogP contribution in [0, 0.1) is 12.8 Å². The quantitative estimate of drug-likeness (QED) is 0.576. The summed E-state index contributed by atoms with van der Waals surface area (Å²) in [6.07, 6.45) is 5.05. The number of amides is 1. The Bertz CT molecular complexity index is 453. The first-order chi connectivity index (χ1) is 9.11. The fourth-order valence-corrected chi connectivity index (χ4v) is 2.87. The van der Waals surface area contributed by atoms with Crippen molar-refractivity contribution in [3.63, 3.8) is 0 Å². The molecule has 4 nitrogen and oxygen atoms in total. The van der Waals surface area contributed by atoms with Crippen molar-refractivity contribution in [3.05, 3.63) is 29.3 Å². The van der Waals surface area contributed by atoms with Crippen molar-refractivity contribution in [3.8, 4) is 0 Å². The third kappa shape index (κ3) is 3.26. The zero-order valence-electron chi connectivity index (χ0n) is 11.7. The van der Waals surface area contributed by atoms with Gasteiger partial charge in [-0.3, -0.25) is 10.6 Å². The molecule has 1 aliphatic rings. The smallest absolute Gasteiger partial charge is 0.251 e. The van der Waals surface area contributed by atoms with Crippen molar-refractivity contribution in [1.82, 2.24) is 5.32 Å². The van der Waals surface area contributed by atoms with Gasteiger partial charge in [-0.25, -0.2) is 0 Å². The van der Waals surface area contributed by atoms with E-state index in [1.54, 1.807) is 0 Å². The topological polar surface area (TPSA) is 67.1 Å². The molecule has 1 unspecified atom stereocenters. The van der Waals surface area contributed by atoms with E-state index in [-0.39, 0.29) is 11.9 Å². The number of nitrogens with two attached hydrogens (primary N) is 1. The summed E-state index contributed by atoms with van der Waals surface area (Å²) in [6.45, 7) is 4.04. The van der Waals surface area contributed by atoms with Crippen molar-refractivity contribution in [2.45, 2.75) is 45.6 Å². The maximum absolute atomic E-state index is 12.3. The Morgan fingerprint density at radius 2 is 2.05 bits per heavy atom. The number of nitrogens with one attached hydrogen (secondary N) is 2. The van der Waals surface area contributed by atoms with E-state index >= 15 is 0 Å². The Morgan fingerprint density at radius 3 is 2.63 bits per heavy atom. The number of benzene rings is 1. The molecule has 19 heavy (non-hydrogen) atoms. The summed E-state index contributed by atoms with van der Waals surface area (Å²) in [5.41, 5.74) is 5.07. The highest BCUT2D eigenvalue weighted by Crippen LogP contribution is 2.27. The number of hydrazine groups is 1. The lowest BCUT2D eigenvalue weighted by Gasteiger charge is -2.21. The van der Waals surface area contributed by atoms with Crippen molar-refractivity contribution in [2.75, 3.05) is 5.43 Å². The fraction of sp³-hybridized carbons (Fsp3) is 0.533. The largest absolute Gasteiger partial charge is 0.349 e. The first-order valence-electron chi connectivity index (χ1n) is 7.00. The summed E-state index contributed by atoms with van der Waals surface area (Å²) in [7, 11) is 0. The lowest BCUT2D eigenvalue weighted by Crippen LogP contribution is -2.37. The van der Waals surface area contributed by atoms with Gasteiger partial charge in [-0.15, -0.1) is 0 Å². The molecular weight excluding hydrogens is 238 g/mol. The molecule has 0 heterocycles. The summed E-state index contributed by atoms with van der Waals surface area (Å²) in [5.74, 6) is 6.01. The number of hydrogen-bond acceptors (Lipinski definition) is 3. The van der Waals surface area contributed by atoms with Gasteiger partial charge < -0.3 is 10.7 Å². The zero-order valence-corrected chi connectivity index (χ0v) is 11.7. The lowest BCUT2D eigenvalue weighted by molar-refractivity contribution is 0.0926. The van der Waals surface area contributed by atoms with Crippen LogP contribution in [-0.4, -0.2) is 11.9 Å². The van der Waals surface area contributed by atoms with Gasteiger partial charge in [0.1, 0.15) is 0 Å². The molecule has 4 heteroatoms. The molecule has 0 bridgehead atoms. The molecule has 1 atom stereocenters. The molecular formula is C15H23N3O. The van der Waals surface area contributed by atoms with Gasteiger partial charge in [-0.2, -0.15) is 0 Å². The minimum absolute atomic E-state index is 0.0143. The van der Waals surface area contributed by atoms with Crippen LogP contribution in [0.2, 0.25) is 0 Å². The maximum Gasteiger partial charge on any atom is 0.251 e. The Balaban J connectivity index is 2.02. The van der Waals surface area contributed by atoms with E-state index in [0.717, 1.165) is 16.8 Å². The number of carbonyl (C=O) groups is 1. The van der Waals surface area contributed by atoms with Crippen LogP contribution in [0.25, 0.3) is 0 Å². The molecule has 1 amide bonds. The van der Waals surface area contributed by atoms with Crippen LogP contribution in [0.5, 0.6) is 0 Å². The average molecular weight is 261 g/mol. The second-order valence-electron chi connectivity index (χ2n) is 5.48. The number of rotatable bonds is 4. The SMILES string of the molecule is Cc1cc(NN)ccc1C(=O)NC(C)C1CCCC1. The molecule has 0 aromatic heterocycles. The number of carbonyl (C=O) groups excluding carboxylic acids is 1. The van der Waals surface area contributed by atoms with E-state index in [4.69, 9.17) is 5.84 Å². The van der Waals surface area contributed by atoms with Crippen LogP contribution in [0.3, 0.4) is 0 Å². The molecule has 0 radical (unpaired) electrons. The Hall–Kier alpha value is -1.55. The van der Waals surface area contributed by atoms with E-state index in [9.17, 15) is 4.79 Å². The molecule has 0 spiro atoms. The van der Waals surface area contributed by atoms with Crippen LogP contribution in [0.4, 0.5) is 5.69 Å². The first-order valence-corrected chi connectivity index (χ1v) is 7.00. The Kier molecular flexibility index (Phi) is 4.43. The predicted octanol–water partition coefficient (Wildman–Crippen LogP) is 2.59. The third-order valence-corrected chi connectivity index (χ3v) is 4.10. The van der Waals surface area contributed by atoms with E-state index in [0.29, 0.717) is 5.92 Å². The van der Waals surface area contributed by atoms with Gasteiger partial charge in [0.15, 0.2) is 0 Å². The van der Waals surface area contributed by atoms with Crippen LogP contribution < -0.4 is 16.6 Å². The standard InChI is InChI=1S/C15H23N3O/c1-10-9-13(18-16)7-8-14(10)15(19)17-11(2)12-5-3-4-6-12/h7-9,11-12,18H,3-6,16H2,1-2H3,(H,17,19). The summed E-state index contributed by atoms with van der Waals surface area (Å²) in [4.78, 5) is 12.3. The van der Waals surface area contributed by atoms with Crippen molar-refractivity contribution in [2.24, 2.45) is 11.8 Å². The molecule has 104 valence electrons. The number of aryl methyl sites for hydroxylation is 1. The van der Waals surface area contributed by atoms with E-state index in [1.807, 2.05) is 25.1 Å². The minimum atomic E-state index is 0.0143. The summed E-state index contributed by atoms with van der Waals surface area (Å²) in [5, 5.41) is 3.13. The average Bonchev–Trinajstić information content (AvgIpc) is 2.92. The molecule has 1 aliphatic carbocycles. The first kappa shape index (κ1) is 13.9. The van der Waals surface area contributed by atoms with Gasteiger partial charge in [-0.1, -0.05) is 12.8 Å². The highest BCUT2D eigenvalue weighted by atomic mass is 16.1. The summed E-state index contributed by atoms with van der Waals surface area (Å²) < 4.78 is 0. The molecule has 2 rings (SSSR count). The normalized spacial score (nSPS) is 17.2. The van der Waals surface area contributed by atoms with E-state index in [1.165, 1.54) is 25.7 Å². The van der Waals surface area contributed by atoms with Crippen molar-refractivity contribution < 1.29 is 4.79 Å². The predicted molar refractivity (Wildman–Crippen MR) is 77.9 cm³/mol. The molecule has 0 saturated heterocycles. The zero-order chi connectivity index (χ0) is 13.8. The number of nitrogen functional groups attached to an aromatic ring is 1. The van der Waals surface area contributed by atoms with E-state index < -0.39 is 0 Å². The van der Waals surface area contributed by atoms with Crippen LogP contribution in [0.1, 0.15) is 48.5 Å². The lowest BCUT2D eigenvalue weighted by atomic mass is 9.99. The molecule has 0 aliphatic heterocycles. The van der Waals surface area contributed by atoms with Crippen LogP contribution in [0.15, 0.2) is 18.2 Å². The van der Waals surface area contributed by atoms with Crippen LogP contribution in [-0.2, 0) is 0 Å². The maximum atomic E-state index is 12.3.